The summed E-state index contributed by atoms with van der Waals surface area (Å²) >= 11 is 0. The first-order chi connectivity index (χ1) is 11.1. The first kappa shape index (κ1) is 14.5. The Morgan fingerprint density at radius 3 is 2.52 bits per heavy atom. The Morgan fingerprint density at radius 2 is 1.83 bits per heavy atom. The van der Waals surface area contributed by atoms with Crippen molar-refractivity contribution in [3.05, 3.63) is 81.8 Å². The maximum atomic E-state index is 12.1. The smallest absolute Gasteiger partial charge is 0.279 e. The van der Waals surface area contributed by atoms with E-state index in [1.54, 1.807) is 36.4 Å². The second kappa shape index (κ2) is 5.72. The Balaban J connectivity index is 2.11. The van der Waals surface area contributed by atoms with Gasteiger partial charge in [0, 0.05) is 23.1 Å². The molecule has 23 heavy (non-hydrogen) atoms. The molecule has 2 aromatic carbocycles. The molecule has 0 aliphatic heterocycles. The van der Waals surface area contributed by atoms with Gasteiger partial charge in [-0.1, -0.05) is 18.2 Å². The molecule has 1 amide bonds. The summed E-state index contributed by atoms with van der Waals surface area (Å²) in [4.78, 5) is 26.2. The van der Waals surface area contributed by atoms with Gasteiger partial charge in [-0.15, -0.1) is 0 Å². The Kier molecular flexibility index (Phi) is 3.60. The molecule has 1 N–H and O–H groups in total. The maximum absolute atomic E-state index is 12.1. The second-order valence-electron chi connectivity index (χ2n) is 4.79. The average molecular weight is 309 g/mol. The van der Waals surface area contributed by atoms with Crippen LogP contribution in [0.1, 0.15) is 10.4 Å². The number of nitro benzene ring substituents is 1. The summed E-state index contributed by atoms with van der Waals surface area (Å²) in [5.41, 5.74) is 0.678. The molecule has 0 aliphatic carbocycles. The molecule has 114 valence electrons. The van der Waals surface area contributed by atoms with Crippen molar-refractivity contribution in [2.24, 2.45) is 4.99 Å². The number of carbonyl (C=O) groups excluding carboxylic acids is 1. The zero-order valence-corrected chi connectivity index (χ0v) is 11.8. The summed E-state index contributed by atoms with van der Waals surface area (Å²) in [5.74, 6) is -0.491. The van der Waals surface area contributed by atoms with Gasteiger partial charge < -0.3 is 5.21 Å². The van der Waals surface area contributed by atoms with Crippen LogP contribution in [0.2, 0.25) is 0 Å². The lowest BCUT2D eigenvalue weighted by atomic mass is 10.2. The van der Waals surface area contributed by atoms with E-state index < -0.39 is 10.8 Å². The van der Waals surface area contributed by atoms with Crippen molar-refractivity contribution in [1.29, 1.82) is 0 Å². The molecule has 0 spiro atoms. The van der Waals surface area contributed by atoms with Crippen LogP contribution in [0.3, 0.4) is 0 Å². The van der Waals surface area contributed by atoms with Crippen molar-refractivity contribution in [1.82, 2.24) is 4.73 Å². The summed E-state index contributed by atoms with van der Waals surface area (Å²) in [7, 11) is 0. The molecular formula is C16H11N3O4. The lowest BCUT2D eigenvalue weighted by molar-refractivity contribution is -0.384. The molecule has 0 bridgehead atoms. The van der Waals surface area contributed by atoms with E-state index in [0.717, 1.165) is 4.73 Å². The number of amides is 1. The zero-order valence-electron chi connectivity index (χ0n) is 11.8. The van der Waals surface area contributed by atoms with Gasteiger partial charge in [-0.3, -0.25) is 14.9 Å². The highest BCUT2D eigenvalue weighted by molar-refractivity contribution is 5.94. The van der Waals surface area contributed by atoms with Crippen molar-refractivity contribution in [2.45, 2.75) is 0 Å². The van der Waals surface area contributed by atoms with Crippen molar-refractivity contribution in [3.8, 4) is 0 Å². The van der Waals surface area contributed by atoms with Gasteiger partial charge in [0.15, 0.2) is 5.49 Å². The Labute approximate surface area is 129 Å². The Bertz CT molecular complexity index is 978. The fourth-order valence-corrected chi connectivity index (χ4v) is 2.17. The summed E-state index contributed by atoms with van der Waals surface area (Å²) < 4.78 is 0.736. The number of non-ortho nitro benzene ring substituents is 1. The van der Waals surface area contributed by atoms with Crippen LogP contribution in [0.4, 0.5) is 5.69 Å². The number of hydrogen-bond acceptors (Lipinski definition) is 4. The van der Waals surface area contributed by atoms with Crippen molar-refractivity contribution in [2.75, 3.05) is 0 Å². The number of nitrogens with zero attached hydrogens (tertiary/aromatic N) is 3. The number of nitro groups is 1. The molecule has 0 aliphatic rings. The van der Waals surface area contributed by atoms with E-state index in [1.807, 2.05) is 0 Å². The van der Waals surface area contributed by atoms with E-state index in [0.29, 0.717) is 16.5 Å². The van der Waals surface area contributed by atoms with Gasteiger partial charge in [0.1, 0.15) is 0 Å². The predicted molar refractivity (Wildman–Crippen MR) is 82.1 cm³/mol. The first-order valence-corrected chi connectivity index (χ1v) is 6.70. The standard InChI is InChI=1S/C16H11N3O4/c20-16(11-4-2-1-3-5-11)17-15-9-6-12-10-13(19(22)23)7-8-14(12)18(15)21/h1-10,21H. The van der Waals surface area contributed by atoms with Crippen LogP contribution in [0.15, 0.2) is 65.7 Å². The summed E-state index contributed by atoms with van der Waals surface area (Å²) in [6.45, 7) is 0. The number of carbonyl (C=O) groups is 1. The van der Waals surface area contributed by atoms with Crippen LogP contribution in [-0.4, -0.2) is 20.8 Å². The molecule has 0 atom stereocenters. The Hall–Kier alpha value is -3.48. The van der Waals surface area contributed by atoms with Gasteiger partial charge in [0.25, 0.3) is 11.6 Å². The van der Waals surface area contributed by atoms with Crippen LogP contribution in [0, 0.1) is 10.1 Å². The molecular weight excluding hydrogens is 298 g/mol. The van der Waals surface area contributed by atoms with Gasteiger partial charge in [-0.25, -0.2) is 0 Å². The number of fused-ring (bicyclic) bond motifs is 1. The SMILES string of the molecule is O=C(N=c1ccc2cc([N+](=O)[O-])ccc2n1O)c1ccccc1. The minimum Gasteiger partial charge on any atom is -0.426 e. The van der Waals surface area contributed by atoms with Gasteiger partial charge in [0.05, 0.1) is 10.4 Å². The molecule has 3 rings (SSSR count). The minimum atomic E-state index is -0.516. The molecule has 0 unspecified atom stereocenters. The van der Waals surface area contributed by atoms with Crippen LogP contribution in [0.5, 0.6) is 0 Å². The third kappa shape index (κ3) is 2.80. The van der Waals surface area contributed by atoms with Crippen LogP contribution >= 0.6 is 0 Å². The normalized spacial score (nSPS) is 11.6. The number of hydrogen-bond donors (Lipinski definition) is 1. The largest absolute Gasteiger partial charge is 0.426 e. The van der Waals surface area contributed by atoms with E-state index in [-0.39, 0.29) is 11.2 Å². The van der Waals surface area contributed by atoms with E-state index in [2.05, 4.69) is 4.99 Å². The van der Waals surface area contributed by atoms with Gasteiger partial charge in [-0.2, -0.15) is 9.72 Å². The molecule has 7 heteroatoms. The predicted octanol–water partition coefficient (Wildman–Crippen LogP) is 2.53. The van der Waals surface area contributed by atoms with Gasteiger partial charge in [-0.05, 0) is 30.3 Å². The monoisotopic (exact) mass is 309 g/mol. The third-order valence-corrected chi connectivity index (χ3v) is 3.32. The summed E-state index contributed by atoms with van der Waals surface area (Å²) in [6.07, 6.45) is 0. The molecule has 3 aromatic rings. The first-order valence-electron chi connectivity index (χ1n) is 6.70. The van der Waals surface area contributed by atoms with Gasteiger partial charge in [0.2, 0.25) is 0 Å². The van der Waals surface area contributed by atoms with E-state index >= 15 is 0 Å². The van der Waals surface area contributed by atoms with Crippen LogP contribution in [0.25, 0.3) is 10.9 Å². The van der Waals surface area contributed by atoms with Crippen LogP contribution < -0.4 is 5.49 Å². The number of aromatic nitrogens is 1. The summed E-state index contributed by atoms with van der Waals surface area (Å²) in [5, 5.41) is 21.4. The molecule has 7 nitrogen and oxygen atoms in total. The van der Waals surface area contributed by atoms with Crippen LogP contribution in [-0.2, 0) is 0 Å². The van der Waals surface area contributed by atoms with Crippen molar-refractivity contribution in [3.63, 3.8) is 0 Å². The zero-order chi connectivity index (χ0) is 16.4. The highest BCUT2D eigenvalue weighted by Crippen LogP contribution is 2.18. The highest BCUT2D eigenvalue weighted by Gasteiger charge is 2.09. The average Bonchev–Trinajstić information content (AvgIpc) is 2.57. The number of pyridine rings is 1. The molecule has 0 saturated heterocycles. The number of rotatable bonds is 2. The molecule has 0 fully saturated rings. The maximum Gasteiger partial charge on any atom is 0.279 e. The molecule has 0 saturated carbocycles. The molecule has 1 aromatic heterocycles. The quantitative estimate of drug-likeness (QED) is 0.447. The fraction of sp³-hybridized carbons (Fsp3) is 0. The molecule has 1 heterocycles. The van der Waals surface area contributed by atoms with E-state index in [1.165, 1.54) is 24.3 Å². The van der Waals surface area contributed by atoms with Crippen molar-refractivity contribution >= 4 is 22.5 Å². The van der Waals surface area contributed by atoms with Gasteiger partial charge >= 0.3 is 0 Å². The minimum absolute atomic E-state index is 0.0419. The highest BCUT2D eigenvalue weighted by atomic mass is 16.6. The molecule has 0 radical (unpaired) electrons. The lowest BCUT2D eigenvalue weighted by Gasteiger charge is -2.04. The third-order valence-electron chi connectivity index (χ3n) is 3.32. The Morgan fingerprint density at radius 1 is 1.09 bits per heavy atom. The summed E-state index contributed by atoms with van der Waals surface area (Å²) in [6, 6.07) is 15.5. The number of benzene rings is 2. The van der Waals surface area contributed by atoms with E-state index in [4.69, 9.17) is 0 Å². The lowest BCUT2D eigenvalue weighted by Crippen LogP contribution is -2.20. The fourth-order valence-electron chi connectivity index (χ4n) is 2.17. The van der Waals surface area contributed by atoms with E-state index in [9.17, 15) is 20.1 Å². The topological polar surface area (TPSA) is 97.7 Å². The van der Waals surface area contributed by atoms with Crippen molar-refractivity contribution < 1.29 is 14.9 Å². The second-order valence-corrected chi connectivity index (χ2v) is 4.79.